The van der Waals surface area contributed by atoms with Gasteiger partial charge in [-0.3, -0.25) is 4.79 Å². The minimum absolute atomic E-state index is 0. The summed E-state index contributed by atoms with van der Waals surface area (Å²) < 4.78 is 1.90. The van der Waals surface area contributed by atoms with Gasteiger partial charge in [-0.15, -0.1) is 12.4 Å². The Bertz CT molecular complexity index is 418. The fraction of sp³-hybridized carbons (Fsp3) is 0.727. The first kappa shape index (κ1) is 14.9. The van der Waals surface area contributed by atoms with Crippen LogP contribution >= 0.6 is 12.4 Å². The molecule has 0 radical (unpaired) electrons. The van der Waals surface area contributed by atoms with Gasteiger partial charge in [0.25, 0.3) is 0 Å². The quantitative estimate of drug-likeness (QED) is 0.814. The average Bonchev–Trinajstić information content (AvgIpc) is 2.70. The van der Waals surface area contributed by atoms with E-state index in [0.29, 0.717) is 6.54 Å². The Hall–Kier alpha value is -1.14. The van der Waals surface area contributed by atoms with E-state index >= 15 is 0 Å². The Morgan fingerprint density at radius 2 is 2.39 bits per heavy atom. The number of fused-ring (bicyclic) bond motifs is 1. The highest BCUT2D eigenvalue weighted by Crippen LogP contribution is 2.13. The van der Waals surface area contributed by atoms with Crippen molar-refractivity contribution in [3.05, 3.63) is 11.6 Å². The third-order valence-corrected chi connectivity index (χ3v) is 2.98. The molecule has 0 aromatic carbocycles. The number of hydrogen-bond donors (Lipinski definition) is 2. The van der Waals surface area contributed by atoms with Crippen LogP contribution in [0.25, 0.3) is 0 Å². The minimum atomic E-state index is -0.460. The van der Waals surface area contributed by atoms with E-state index in [-0.39, 0.29) is 24.4 Å². The van der Waals surface area contributed by atoms with E-state index in [0.717, 1.165) is 30.9 Å². The second-order valence-corrected chi connectivity index (χ2v) is 4.51. The molecule has 3 N–H and O–H groups in total. The van der Waals surface area contributed by atoms with Gasteiger partial charge < -0.3 is 11.1 Å². The maximum absolute atomic E-state index is 11.5. The van der Waals surface area contributed by atoms with Crippen LogP contribution in [0.4, 0.5) is 0 Å². The first-order valence-corrected chi connectivity index (χ1v) is 6.08. The van der Waals surface area contributed by atoms with Gasteiger partial charge in [0.05, 0.1) is 12.6 Å². The Morgan fingerprint density at radius 1 is 1.67 bits per heavy atom. The van der Waals surface area contributed by atoms with Crippen molar-refractivity contribution < 1.29 is 4.79 Å². The third-order valence-electron chi connectivity index (χ3n) is 2.98. The molecule has 0 spiro atoms. The number of amides is 1. The highest BCUT2D eigenvalue weighted by Gasteiger charge is 2.23. The van der Waals surface area contributed by atoms with Crippen LogP contribution in [0.1, 0.15) is 31.9 Å². The van der Waals surface area contributed by atoms with Gasteiger partial charge in [-0.25, -0.2) is 9.67 Å². The van der Waals surface area contributed by atoms with E-state index in [2.05, 4.69) is 15.4 Å². The predicted octanol–water partition coefficient (Wildman–Crippen LogP) is 0.0405. The molecular weight excluding hydrogens is 254 g/mol. The van der Waals surface area contributed by atoms with Gasteiger partial charge in [0, 0.05) is 18.9 Å². The lowest BCUT2D eigenvalue weighted by molar-refractivity contribution is -0.122. The minimum Gasteiger partial charge on any atom is -0.350 e. The van der Waals surface area contributed by atoms with E-state index in [1.54, 1.807) is 6.92 Å². The van der Waals surface area contributed by atoms with Crippen LogP contribution in [-0.2, 0) is 24.2 Å². The lowest BCUT2D eigenvalue weighted by Gasteiger charge is -2.24. The lowest BCUT2D eigenvalue weighted by atomic mass is 10.1. The summed E-state index contributed by atoms with van der Waals surface area (Å²) in [6.45, 7) is 4.42. The van der Waals surface area contributed by atoms with Gasteiger partial charge in [-0.2, -0.15) is 5.10 Å². The summed E-state index contributed by atoms with van der Waals surface area (Å²) in [4.78, 5) is 15.9. The summed E-state index contributed by atoms with van der Waals surface area (Å²) in [5.41, 5.74) is 5.53. The molecule has 1 aliphatic rings. The van der Waals surface area contributed by atoms with Crippen molar-refractivity contribution in [2.24, 2.45) is 5.73 Å². The summed E-state index contributed by atoms with van der Waals surface area (Å²) in [6, 6.07) is -0.342. The summed E-state index contributed by atoms with van der Waals surface area (Å²) in [6.07, 6.45) is 2.61. The molecule has 2 rings (SSSR count). The standard InChI is InChI=1S/C11H19N5O.ClH/c1-3-9-14-10-5-4-8(6-16(10)15-9)13-11(17)7(2)12;/h7-8H,3-6,12H2,1-2H3,(H,13,17);1H/t7-,8?;/m1./s1. The molecule has 2 heterocycles. The molecule has 0 fully saturated rings. The maximum atomic E-state index is 11.5. The summed E-state index contributed by atoms with van der Waals surface area (Å²) in [7, 11) is 0. The Balaban J connectivity index is 0.00000162. The van der Waals surface area contributed by atoms with Crippen LogP contribution in [0.2, 0.25) is 0 Å². The molecule has 1 aromatic rings. The number of halogens is 1. The van der Waals surface area contributed by atoms with Crippen LogP contribution in [-0.4, -0.2) is 32.8 Å². The predicted molar refractivity (Wildman–Crippen MR) is 70.5 cm³/mol. The number of hydrogen-bond acceptors (Lipinski definition) is 4. The first-order chi connectivity index (χ1) is 8.10. The molecule has 6 nitrogen and oxygen atoms in total. The van der Waals surface area contributed by atoms with Crippen LogP contribution in [0.15, 0.2) is 0 Å². The largest absolute Gasteiger partial charge is 0.350 e. The normalized spacial score (nSPS) is 19.6. The molecule has 2 atom stereocenters. The average molecular weight is 274 g/mol. The second-order valence-electron chi connectivity index (χ2n) is 4.51. The Labute approximate surface area is 113 Å². The van der Waals surface area contributed by atoms with E-state index in [4.69, 9.17) is 5.73 Å². The third kappa shape index (κ3) is 3.20. The van der Waals surface area contributed by atoms with Gasteiger partial charge in [0.15, 0.2) is 5.82 Å². The highest BCUT2D eigenvalue weighted by molar-refractivity contribution is 5.85. The lowest BCUT2D eigenvalue weighted by Crippen LogP contribution is -2.47. The van der Waals surface area contributed by atoms with Gasteiger partial charge in [0.1, 0.15) is 5.82 Å². The van der Waals surface area contributed by atoms with Crippen molar-refractivity contribution in [1.29, 1.82) is 0 Å². The van der Waals surface area contributed by atoms with Crippen LogP contribution in [0.5, 0.6) is 0 Å². The number of nitrogens with one attached hydrogen (secondary N) is 1. The molecule has 7 heteroatoms. The van der Waals surface area contributed by atoms with Crippen molar-refractivity contribution in [2.75, 3.05) is 0 Å². The van der Waals surface area contributed by atoms with E-state index in [1.807, 2.05) is 11.6 Å². The Kier molecular flexibility index (Phi) is 5.10. The molecule has 18 heavy (non-hydrogen) atoms. The van der Waals surface area contributed by atoms with E-state index in [1.165, 1.54) is 0 Å². The highest BCUT2D eigenvalue weighted by atomic mass is 35.5. The number of aromatic nitrogens is 3. The fourth-order valence-corrected chi connectivity index (χ4v) is 1.96. The summed E-state index contributed by atoms with van der Waals surface area (Å²) in [5, 5.41) is 7.33. The fourth-order valence-electron chi connectivity index (χ4n) is 1.96. The van der Waals surface area contributed by atoms with Gasteiger partial charge in [-0.1, -0.05) is 6.92 Å². The van der Waals surface area contributed by atoms with Gasteiger partial charge in [0.2, 0.25) is 5.91 Å². The molecule has 1 unspecified atom stereocenters. The second kappa shape index (κ2) is 6.15. The smallest absolute Gasteiger partial charge is 0.236 e. The number of aryl methyl sites for hydroxylation is 2. The number of carbonyl (C=O) groups excluding carboxylic acids is 1. The van der Waals surface area contributed by atoms with Crippen molar-refractivity contribution in [2.45, 2.75) is 51.7 Å². The number of nitrogens with zero attached hydrogens (tertiary/aromatic N) is 3. The van der Waals surface area contributed by atoms with Crippen molar-refractivity contribution in [3.8, 4) is 0 Å². The maximum Gasteiger partial charge on any atom is 0.236 e. The molecule has 1 amide bonds. The molecule has 0 aliphatic carbocycles. The molecule has 1 aromatic heterocycles. The molecular formula is C11H20ClN5O. The SMILES string of the molecule is CCc1nc2n(n1)CC(NC(=O)[C@@H](C)N)CC2.Cl. The number of rotatable bonds is 3. The van der Waals surface area contributed by atoms with Crippen molar-refractivity contribution >= 4 is 18.3 Å². The molecule has 1 aliphatic heterocycles. The molecule has 102 valence electrons. The molecule has 0 bridgehead atoms. The summed E-state index contributed by atoms with van der Waals surface area (Å²) >= 11 is 0. The first-order valence-electron chi connectivity index (χ1n) is 6.08. The number of carbonyl (C=O) groups is 1. The topological polar surface area (TPSA) is 85.8 Å². The van der Waals surface area contributed by atoms with Crippen LogP contribution in [0.3, 0.4) is 0 Å². The van der Waals surface area contributed by atoms with Gasteiger partial charge in [-0.05, 0) is 13.3 Å². The molecule has 0 saturated heterocycles. The zero-order valence-electron chi connectivity index (χ0n) is 10.7. The summed E-state index contributed by atoms with van der Waals surface area (Å²) in [5.74, 6) is 1.79. The van der Waals surface area contributed by atoms with Crippen LogP contribution < -0.4 is 11.1 Å². The van der Waals surface area contributed by atoms with E-state index < -0.39 is 6.04 Å². The van der Waals surface area contributed by atoms with E-state index in [9.17, 15) is 4.79 Å². The zero-order chi connectivity index (χ0) is 12.4. The zero-order valence-corrected chi connectivity index (χ0v) is 11.5. The molecule has 0 saturated carbocycles. The van der Waals surface area contributed by atoms with Crippen LogP contribution in [0, 0.1) is 0 Å². The Morgan fingerprint density at radius 3 is 3.00 bits per heavy atom. The van der Waals surface area contributed by atoms with Gasteiger partial charge >= 0.3 is 0 Å². The number of nitrogens with two attached hydrogens (primary N) is 1. The van der Waals surface area contributed by atoms with Crippen molar-refractivity contribution in [1.82, 2.24) is 20.1 Å². The monoisotopic (exact) mass is 273 g/mol. The van der Waals surface area contributed by atoms with Crippen molar-refractivity contribution in [3.63, 3.8) is 0 Å².